The number of aromatic nitrogens is 1. The first kappa shape index (κ1) is 14.5. The molecular formula is C14H17N3O2S. The van der Waals surface area contributed by atoms with Crippen LogP contribution in [0.2, 0.25) is 0 Å². The Morgan fingerprint density at radius 2 is 1.90 bits per heavy atom. The molecule has 1 aromatic heterocycles. The number of para-hydroxylation sites is 1. The van der Waals surface area contributed by atoms with Gasteiger partial charge in [-0.3, -0.25) is 9.59 Å². The summed E-state index contributed by atoms with van der Waals surface area (Å²) in [4.78, 5) is 27.5. The third kappa shape index (κ3) is 4.03. The van der Waals surface area contributed by atoms with E-state index in [1.165, 1.54) is 11.3 Å². The molecule has 6 heteroatoms. The number of fused-ring (bicyclic) bond motifs is 1. The monoisotopic (exact) mass is 291 g/mol. The van der Waals surface area contributed by atoms with E-state index in [0.29, 0.717) is 5.13 Å². The van der Waals surface area contributed by atoms with Crippen LogP contribution in [-0.4, -0.2) is 22.8 Å². The summed E-state index contributed by atoms with van der Waals surface area (Å²) in [7, 11) is 0. The molecule has 0 aliphatic heterocycles. The molecule has 0 spiro atoms. The van der Waals surface area contributed by atoms with Crippen LogP contribution in [0.15, 0.2) is 24.3 Å². The van der Waals surface area contributed by atoms with Crippen LogP contribution in [0, 0.1) is 0 Å². The molecule has 0 fully saturated rings. The van der Waals surface area contributed by atoms with Crippen LogP contribution in [-0.2, 0) is 9.59 Å². The first-order chi connectivity index (χ1) is 9.54. The fourth-order valence-electron chi connectivity index (χ4n) is 1.73. The van der Waals surface area contributed by atoms with Gasteiger partial charge < -0.3 is 10.6 Å². The summed E-state index contributed by atoms with van der Waals surface area (Å²) in [5, 5.41) is 6.05. The van der Waals surface area contributed by atoms with Crippen molar-refractivity contribution in [3.63, 3.8) is 0 Å². The predicted octanol–water partition coefficient (Wildman–Crippen LogP) is 2.54. The number of carbonyl (C=O) groups is 2. The molecule has 2 rings (SSSR count). The van der Waals surface area contributed by atoms with Gasteiger partial charge in [-0.25, -0.2) is 4.98 Å². The zero-order valence-electron chi connectivity index (χ0n) is 11.5. The number of benzene rings is 1. The highest BCUT2D eigenvalue weighted by Gasteiger charge is 2.10. The molecule has 5 nitrogen and oxygen atoms in total. The minimum absolute atomic E-state index is 0.0924. The number of rotatable bonds is 5. The lowest BCUT2D eigenvalue weighted by molar-refractivity contribution is -0.124. The lowest BCUT2D eigenvalue weighted by Gasteiger charge is -2.07. The summed E-state index contributed by atoms with van der Waals surface area (Å²) >= 11 is 1.43. The topological polar surface area (TPSA) is 71.1 Å². The molecular weight excluding hydrogens is 274 g/mol. The molecule has 0 saturated carbocycles. The normalized spacial score (nSPS) is 10.8. The summed E-state index contributed by atoms with van der Waals surface area (Å²) in [5.41, 5.74) is 0.866. The van der Waals surface area contributed by atoms with Crippen molar-refractivity contribution in [2.75, 3.05) is 5.32 Å². The maximum absolute atomic E-state index is 11.8. The van der Waals surface area contributed by atoms with Crippen LogP contribution in [0.3, 0.4) is 0 Å². The van der Waals surface area contributed by atoms with Gasteiger partial charge in [0.05, 0.1) is 10.2 Å². The Kier molecular flexibility index (Phi) is 4.68. The molecule has 0 bridgehead atoms. The van der Waals surface area contributed by atoms with Crippen molar-refractivity contribution in [1.82, 2.24) is 10.3 Å². The van der Waals surface area contributed by atoms with Crippen molar-refractivity contribution in [1.29, 1.82) is 0 Å². The molecule has 0 atom stereocenters. The van der Waals surface area contributed by atoms with E-state index in [0.717, 1.165) is 10.2 Å². The zero-order chi connectivity index (χ0) is 14.5. The van der Waals surface area contributed by atoms with Crippen molar-refractivity contribution in [3.8, 4) is 0 Å². The van der Waals surface area contributed by atoms with Crippen LogP contribution in [0.5, 0.6) is 0 Å². The minimum Gasteiger partial charge on any atom is -0.354 e. The number of hydrogen-bond donors (Lipinski definition) is 2. The van der Waals surface area contributed by atoms with Crippen LogP contribution >= 0.6 is 11.3 Å². The quantitative estimate of drug-likeness (QED) is 0.889. The van der Waals surface area contributed by atoms with E-state index in [1.807, 2.05) is 38.1 Å². The average molecular weight is 291 g/mol. The van der Waals surface area contributed by atoms with E-state index in [1.54, 1.807) is 0 Å². The SMILES string of the molecule is CC(C)NC(=O)CCC(=O)Nc1nc2ccccc2s1. The molecule has 0 radical (unpaired) electrons. The average Bonchev–Trinajstić information content (AvgIpc) is 2.77. The zero-order valence-corrected chi connectivity index (χ0v) is 12.3. The van der Waals surface area contributed by atoms with Crippen LogP contribution < -0.4 is 10.6 Å². The molecule has 1 aromatic carbocycles. The maximum Gasteiger partial charge on any atom is 0.226 e. The molecule has 1 heterocycles. The Hall–Kier alpha value is -1.95. The highest BCUT2D eigenvalue weighted by Crippen LogP contribution is 2.25. The first-order valence-corrected chi connectivity index (χ1v) is 7.31. The predicted molar refractivity (Wildman–Crippen MR) is 80.8 cm³/mol. The van der Waals surface area contributed by atoms with E-state index < -0.39 is 0 Å². The van der Waals surface area contributed by atoms with Gasteiger partial charge in [0, 0.05) is 18.9 Å². The number of hydrogen-bond acceptors (Lipinski definition) is 4. The molecule has 0 saturated heterocycles. The molecule has 0 aliphatic rings. The second-order valence-corrected chi connectivity index (χ2v) is 5.79. The summed E-state index contributed by atoms with van der Waals surface area (Å²) in [5.74, 6) is -0.303. The minimum atomic E-state index is -0.192. The Labute approximate surface area is 121 Å². The van der Waals surface area contributed by atoms with Gasteiger partial charge in [-0.1, -0.05) is 23.5 Å². The summed E-state index contributed by atoms with van der Waals surface area (Å²) in [6, 6.07) is 7.79. The van der Waals surface area contributed by atoms with Gasteiger partial charge in [-0.15, -0.1) is 0 Å². The fourth-order valence-corrected chi connectivity index (χ4v) is 2.61. The summed E-state index contributed by atoms with van der Waals surface area (Å²) < 4.78 is 1.03. The highest BCUT2D eigenvalue weighted by molar-refractivity contribution is 7.22. The van der Waals surface area contributed by atoms with E-state index in [9.17, 15) is 9.59 Å². The number of carbonyl (C=O) groups excluding carboxylic acids is 2. The Morgan fingerprint density at radius 3 is 2.60 bits per heavy atom. The highest BCUT2D eigenvalue weighted by atomic mass is 32.1. The number of nitrogens with one attached hydrogen (secondary N) is 2. The molecule has 20 heavy (non-hydrogen) atoms. The molecule has 106 valence electrons. The van der Waals surface area contributed by atoms with Gasteiger partial charge in [-0.05, 0) is 26.0 Å². The van der Waals surface area contributed by atoms with Gasteiger partial charge in [0.1, 0.15) is 0 Å². The number of amides is 2. The Morgan fingerprint density at radius 1 is 1.20 bits per heavy atom. The lowest BCUT2D eigenvalue weighted by Crippen LogP contribution is -2.30. The maximum atomic E-state index is 11.8. The molecule has 2 N–H and O–H groups in total. The van der Waals surface area contributed by atoms with Crippen LogP contribution in [0.1, 0.15) is 26.7 Å². The van der Waals surface area contributed by atoms with Crippen LogP contribution in [0.4, 0.5) is 5.13 Å². The first-order valence-electron chi connectivity index (χ1n) is 6.49. The molecule has 2 aromatic rings. The lowest BCUT2D eigenvalue weighted by atomic mass is 10.2. The molecule has 0 unspecified atom stereocenters. The Bertz CT molecular complexity index is 589. The van der Waals surface area contributed by atoms with Crippen molar-refractivity contribution < 1.29 is 9.59 Å². The van der Waals surface area contributed by atoms with E-state index in [4.69, 9.17) is 0 Å². The fraction of sp³-hybridized carbons (Fsp3) is 0.357. The largest absolute Gasteiger partial charge is 0.354 e. The summed E-state index contributed by atoms with van der Waals surface area (Å²) in [6.45, 7) is 3.78. The van der Waals surface area contributed by atoms with Crippen molar-refractivity contribution in [2.24, 2.45) is 0 Å². The second kappa shape index (κ2) is 6.47. The van der Waals surface area contributed by atoms with Crippen molar-refractivity contribution in [2.45, 2.75) is 32.7 Å². The standard InChI is InChI=1S/C14H17N3O2S/c1-9(2)15-12(18)7-8-13(19)17-14-16-10-5-3-4-6-11(10)20-14/h3-6,9H,7-8H2,1-2H3,(H,15,18)(H,16,17,19). The Balaban J connectivity index is 1.86. The smallest absolute Gasteiger partial charge is 0.226 e. The van der Waals surface area contributed by atoms with E-state index in [2.05, 4.69) is 15.6 Å². The van der Waals surface area contributed by atoms with Gasteiger partial charge >= 0.3 is 0 Å². The third-order valence-electron chi connectivity index (χ3n) is 2.57. The van der Waals surface area contributed by atoms with Gasteiger partial charge in [0.2, 0.25) is 11.8 Å². The second-order valence-electron chi connectivity index (χ2n) is 4.76. The molecule has 2 amide bonds. The van der Waals surface area contributed by atoms with Crippen molar-refractivity contribution in [3.05, 3.63) is 24.3 Å². The van der Waals surface area contributed by atoms with E-state index in [-0.39, 0.29) is 30.7 Å². The van der Waals surface area contributed by atoms with Gasteiger partial charge in [0.25, 0.3) is 0 Å². The van der Waals surface area contributed by atoms with Crippen molar-refractivity contribution >= 4 is 38.5 Å². The number of anilines is 1. The number of nitrogens with zero attached hydrogens (tertiary/aromatic N) is 1. The number of thiazole rings is 1. The van der Waals surface area contributed by atoms with E-state index >= 15 is 0 Å². The van der Waals surface area contributed by atoms with Gasteiger partial charge in [-0.2, -0.15) is 0 Å². The third-order valence-corrected chi connectivity index (χ3v) is 3.52. The van der Waals surface area contributed by atoms with Crippen LogP contribution in [0.25, 0.3) is 10.2 Å². The summed E-state index contributed by atoms with van der Waals surface area (Å²) in [6.07, 6.45) is 0.351. The van der Waals surface area contributed by atoms with Gasteiger partial charge in [0.15, 0.2) is 5.13 Å². The molecule has 0 aliphatic carbocycles.